The van der Waals surface area contributed by atoms with Crippen LogP contribution < -0.4 is 15.0 Å². The molecule has 6 heteroatoms. The summed E-state index contributed by atoms with van der Waals surface area (Å²) in [5, 5.41) is 3.52. The molecule has 4 rings (SSSR count). The topological polar surface area (TPSA) is 50.8 Å². The minimum absolute atomic E-state index is 0.207. The van der Waals surface area contributed by atoms with Crippen LogP contribution in [0.1, 0.15) is 5.56 Å². The molecule has 1 amide bonds. The number of hydrogen-bond acceptors (Lipinski definition) is 4. The fraction of sp³-hybridized carbons (Fsp3) is 0.190. The summed E-state index contributed by atoms with van der Waals surface area (Å²) < 4.78 is 10.9. The fourth-order valence-electron chi connectivity index (χ4n) is 3.06. The van der Waals surface area contributed by atoms with Crippen molar-refractivity contribution in [3.8, 4) is 5.75 Å². The van der Waals surface area contributed by atoms with E-state index in [0.717, 1.165) is 43.2 Å². The lowest BCUT2D eigenvalue weighted by Crippen LogP contribution is -2.36. The normalized spacial score (nSPS) is 16.0. The summed E-state index contributed by atoms with van der Waals surface area (Å²) in [6, 6.07) is 13.1. The molecule has 2 aromatic carbocycles. The molecule has 2 heterocycles. The van der Waals surface area contributed by atoms with Gasteiger partial charge in [-0.15, -0.1) is 0 Å². The van der Waals surface area contributed by atoms with Gasteiger partial charge in [-0.1, -0.05) is 11.6 Å². The number of nitrogens with one attached hydrogen (secondary N) is 1. The number of nitrogens with zero attached hydrogens (tertiary/aromatic N) is 1. The molecule has 0 bridgehead atoms. The number of halogens is 1. The lowest BCUT2D eigenvalue weighted by Gasteiger charge is -2.28. The smallest absolute Gasteiger partial charge is 0.255 e. The molecular weight excluding hydrogens is 364 g/mol. The summed E-state index contributed by atoms with van der Waals surface area (Å²) in [4.78, 5) is 14.9. The number of carbonyl (C=O) groups excluding carboxylic acids is 1. The molecule has 27 heavy (non-hydrogen) atoms. The van der Waals surface area contributed by atoms with E-state index in [1.807, 2.05) is 24.3 Å². The first-order valence-corrected chi connectivity index (χ1v) is 9.15. The second-order valence-electron chi connectivity index (χ2n) is 6.30. The van der Waals surface area contributed by atoms with Gasteiger partial charge in [-0.2, -0.15) is 0 Å². The minimum atomic E-state index is -0.207. The number of ether oxygens (including phenoxy) is 2. The number of benzene rings is 2. The minimum Gasteiger partial charge on any atom is -0.464 e. The van der Waals surface area contributed by atoms with E-state index >= 15 is 0 Å². The lowest BCUT2D eigenvalue weighted by molar-refractivity contribution is -0.112. The van der Waals surface area contributed by atoms with Crippen molar-refractivity contribution >= 4 is 35.0 Å². The van der Waals surface area contributed by atoms with Crippen LogP contribution in [-0.4, -0.2) is 32.2 Å². The quantitative estimate of drug-likeness (QED) is 0.868. The maximum absolute atomic E-state index is 12.7. The van der Waals surface area contributed by atoms with E-state index in [1.165, 1.54) is 6.26 Å². The molecule has 1 N–H and O–H groups in total. The van der Waals surface area contributed by atoms with Gasteiger partial charge in [0.05, 0.1) is 19.5 Å². The van der Waals surface area contributed by atoms with Gasteiger partial charge in [-0.3, -0.25) is 4.79 Å². The molecule has 1 saturated heterocycles. The summed E-state index contributed by atoms with van der Waals surface area (Å²) in [5.41, 5.74) is 3.12. The number of carbonyl (C=O) groups is 1. The zero-order valence-corrected chi connectivity index (χ0v) is 15.4. The summed E-state index contributed by atoms with van der Waals surface area (Å²) in [5.74, 6) is 0.454. The Bertz CT molecular complexity index is 900. The van der Waals surface area contributed by atoms with E-state index in [-0.39, 0.29) is 5.91 Å². The molecule has 2 aliphatic heterocycles. The first kappa shape index (κ1) is 17.6. The Morgan fingerprint density at radius 3 is 2.63 bits per heavy atom. The van der Waals surface area contributed by atoms with Gasteiger partial charge in [0.15, 0.2) is 0 Å². The molecule has 0 aromatic heterocycles. The van der Waals surface area contributed by atoms with Crippen molar-refractivity contribution in [2.24, 2.45) is 0 Å². The zero-order valence-electron chi connectivity index (χ0n) is 14.7. The van der Waals surface area contributed by atoms with Crippen molar-refractivity contribution in [1.82, 2.24) is 0 Å². The van der Waals surface area contributed by atoms with Gasteiger partial charge >= 0.3 is 0 Å². The van der Waals surface area contributed by atoms with Gasteiger partial charge < -0.3 is 19.7 Å². The van der Waals surface area contributed by atoms with Crippen LogP contribution in [0.25, 0.3) is 6.08 Å². The molecule has 1 fully saturated rings. The first-order chi connectivity index (χ1) is 13.2. The number of morpholine rings is 1. The molecule has 0 atom stereocenters. The predicted molar refractivity (Wildman–Crippen MR) is 107 cm³/mol. The van der Waals surface area contributed by atoms with Crippen LogP contribution in [0.5, 0.6) is 5.75 Å². The number of amides is 1. The van der Waals surface area contributed by atoms with E-state index in [1.54, 1.807) is 30.4 Å². The molecule has 0 unspecified atom stereocenters. The highest BCUT2D eigenvalue weighted by molar-refractivity contribution is 6.30. The number of anilines is 2. The molecule has 0 aliphatic carbocycles. The second-order valence-corrected chi connectivity index (χ2v) is 6.74. The van der Waals surface area contributed by atoms with Crippen LogP contribution >= 0.6 is 11.6 Å². The van der Waals surface area contributed by atoms with Gasteiger partial charge in [0, 0.05) is 40.6 Å². The third kappa shape index (κ3) is 4.15. The van der Waals surface area contributed by atoms with E-state index in [9.17, 15) is 4.79 Å². The summed E-state index contributed by atoms with van der Waals surface area (Å²) in [6.07, 6.45) is 4.92. The predicted octanol–water partition coefficient (Wildman–Crippen LogP) is 4.10. The number of hydrogen-bond donors (Lipinski definition) is 1. The highest BCUT2D eigenvalue weighted by Crippen LogP contribution is 2.28. The van der Waals surface area contributed by atoms with E-state index in [4.69, 9.17) is 21.1 Å². The first-order valence-electron chi connectivity index (χ1n) is 8.78. The van der Waals surface area contributed by atoms with Crippen LogP contribution in [0, 0.1) is 0 Å². The average Bonchev–Trinajstić information content (AvgIpc) is 2.91. The molecule has 0 spiro atoms. The highest BCUT2D eigenvalue weighted by Gasteiger charge is 2.14. The maximum Gasteiger partial charge on any atom is 0.255 e. The van der Waals surface area contributed by atoms with Crippen molar-refractivity contribution in [2.45, 2.75) is 0 Å². The summed E-state index contributed by atoms with van der Waals surface area (Å²) >= 11 is 6.05. The fourth-order valence-corrected chi connectivity index (χ4v) is 3.24. The Morgan fingerprint density at radius 1 is 1.07 bits per heavy atom. The standard InChI is InChI=1S/C21H19ClN2O3/c22-17-1-6-20-16(14-17)13-15(7-10-27-20)21(25)23-18-2-4-19(5-3-18)24-8-11-26-12-9-24/h1-7,10,13-14H,8-9,11-12H2,(H,23,25). The average molecular weight is 383 g/mol. The van der Waals surface area contributed by atoms with E-state index in [2.05, 4.69) is 10.2 Å². The number of fused-ring (bicyclic) bond motifs is 1. The van der Waals surface area contributed by atoms with Gasteiger partial charge in [0.25, 0.3) is 5.91 Å². The second kappa shape index (κ2) is 7.86. The zero-order chi connectivity index (χ0) is 18.6. The van der Waals surface area contributed by atoms with Crippen molar-refractivity contribution in [3.63, 3.8) is 0 Å². The summed E-state index contributed by atoms with van der Waals surface area (Å²) in [7, 11) is 0. The molecule has 5 nitrogen and oxygen atoms in total. The molecule has 2 aliphatic rings. The third-order valence-corrected chi connectivity index (χ3v) is 4.72. The third-order valence-electron chi connectivity index (χ3n) is 4.49. The summed E-state index contributed by atoms with van der Waals surface area (Å²) in [6.45, 7) is 3.25. The Morgan fingerprint density at radius 2 is 1.85 bits per heavy atom. The van der Waals surface area contributed by atoms with Crippen LogP contribution in [0.3, 0.4) is 0 Å². The van der Waals surface area contributed by atoms with Gasteiger partial charge in [-0.05, 0) is 54.6 Å². The van der Waals surface area contributed by atoms with Crippen molar-refractivity contribution in [3.05, 3.63) is 71.0 Å². The van der Waals surface area contributed by atoms with Crippen LogP contribution in [0.2, 0.25) is 5.02 Å². The Balaban J connectivity index is 1.48. The molecular formula is C21H19ClN2O3. The van der Waals surface area contributed by atoms with Gasteiger partial charge in [0.2, 0.25) is 0 Å². The highest BCUT2D eigenvalue weighted by atomic mass is 35.5. The molecule has 2 aromatic rings. The van der Waals surface area contributed by atoms with Crippen molar-refractivity contribution < 1.29 is 14.3 Å². The monoisotopic (exact) mass is 382 g/mol. The van der Waals surface area contributed by atoms with Crippen LogP contribution in [0.15, 0.2) is 60.4 Å². The maximum atomic E-state index is 12.7. The van der Waals surface area contributed by atoms with Crippen molar-refractivity contribution in [1.29, 1.82) is 0 Å². The van der Waals surface area contributed by atoms with Crippen LogP contribution in [-0.2, 0) is 9.53 Å². The number of rotatable bonds is 3. The largest absolute Gasteiger partial charge is 0.464 e. The molecule has 138 valence electrons. The van der Waals surface area contributed by atoms with E-state index < -0.39 is 0 Å². The lowest BCUT2D eigenvalue weighted by atomic mass is 10.1. The Kier molecular flexibility index (Phi) is 5.14. The Hall–Kier alpha value is -2.76. The van der Waals surface area contributed by atoms with Crippen molar-refractivity contribution in [2.75, 3.05) is 36.5 Å². The van der Waals surface area contributed by atoms with Gasteiger partial charge in [0.1, 0.15) is 5.75 Å². The van der Waals surface area contributed by atoms with Gasteiger partial charge in [-0.25, -0.2) is 0 Å². The molecule has 0 radical (unpaired) electrons. The van der Waals surface area contributed by atoms with E-state index in [0.29, 0.717) is 16.3 Å². The Labute approximate surface area is 162 Å². The van der Waals surface area contributed by atoms with Crippen LogP contribution in [0.4, 0.5) is 11.4 Å². The SMILES string of the molecule is O=C(Nc1ccc(N2CCOCC2)cc1)C1=Cc2cc(Cl)ccc2OC=C1. The molecule has 0 saturated carbocycles.